The Bertz CT molecular complexity index is 787. The summed E-state index contributed by atoms with van der Waals surface area (Å²) in [5, 5.41) is 1.99. The number of carbonyl (C=O) groups is 1. The summed E-state index contributed by atoms with van der Waals surface area (Å²) in [6.07, 6.45) is 3.50. The molecular weight excluding hydrogens is 348 g/mol. The summed E-state index contributed by atoms with van der Waals surface area (Å²) in [6, 6.07) is 20.8. The van der Waals surface area contributed by atoms with Gasteiger partial charge in [-0.3, -0.25) is 9.80 Å². The van der Waals surface area contributed by atoms with Crippen molar-refractivity contribution in [2.45, 2.75) is 56.5 Å². The number of hydrazine groups is 1. The Hall–Kier alpha value is -1.91. The second kappa shape index (κ2) is 7.25. The molecule has 2 aromatic carbocycles. The second-order valence-corrected chi connectivity index (χ2v) is 14.6. The molecule has 1 aliphatic carbocycles. The van der Waals surface area contributed by atoms with Gasteiger partial charge >= 0.3 is 0 Å². The average molecular weight is 379 g/mol. The van der Waals surface area contributed by atoms with E-state index in [0.29, 0.717) is 12.0 Å². The monoisotopic (exact) mass is 378 g/mol. The van der Waals surface area contributed by atoms with Crippen LogP contribution in [0.15, 0.2) is 60.7 Å². The van der Waals surface area contributed by atoms with Crippen LogP contribution in [0.3, 0.4) is 0 Å². The summed E-state index contributed by atoms with van der Waals surface area (Å²) in [7, 11) is -1.27. The van der Waals surface area contributed by atoms with Crippen molar-refractivity contribution < 1.29 is 4.79 Å². The summed E-state index contributed by atoms with van der Waals surface area (Å²) in [5.74, 6) is 0.707. The molecule has 0 aromatic heterocycles. The van der Waals surface area contributed by atoms with E-state index in [0.717, 1.165) is 23.9 Å². The van der Waals surface area contributed by atoms with Crippen molar-refractivity contribution in [1.82, 2.24) is 10.4 Å². The number of rotatable bonds is 3. The highest BCUT2D eigenvalue weighted by molar-refractivity contribution is 6.77. The zero-order valence-corrected chi connectivity index (χ0v) is 17.6. The minimum absolute atomic E-state index is 0.113. The van der Waals surface area contributed by atoms with Gasteiger partial charge in [-0.05, 0) is 42.0 Å². The van der Waals surface area contributed by atoms with Gasteiger partial charge in [0, 0.05) is 13.6 Å². The fraction of sp³-hybridized carbons (Fsp3) is 0.435. The number of benzene rings is 2. The van der Waals surface area contributed by atoms with Gasteiger partial charge in [0.2, 0.25) is 0 Å². The number of hydrogen-bond donors (Lipinski definition) is 1. The third-order valence-electron chi connectivity index (χ3n) is 6.47. The number of hydrogen-bond acceptors (Lipinski definition) is 2. The van der Waals surface area contributed by atoms with Crippen molar-refractivity contribution >= 4 is 14.0 Å². The standard InChI is InChI=1S/C23H30N2OSi/c1-27(2,3)22-15-14-21-19(22)16-20(17-10-6-4-7-11-17)24-25(21)23(26)18-12-8-5-9-13-18/h4-13,19-22,24H,14-16H2,1-3H3/t19-,20?,21-,22-/m1/s1. The number of fused-ring (bicyclic) bond motifs is 1. The summed E-state index contributed by atoms with van der Waals surface area (Å²) >= 11 is 0. The van der Waals surface area contributed by atoms with Crippen molar-refractivity contribution in [3.05, 3.63) is 71.8 Å². The maximum atomic E-state index is 13.4. The highest BCUT2D eigenvalue weighted by atomic mass is 28.3. The quantitative estimate of drug-likeness (QED) is 0.738. The van der Waals surface area contributed by atoms with Gasteiger partial charge in [0.1, 0.15) is 0 Å². The van der Waals surface area contributed by atoms with E-state index in [1.165, 1.54) is 12.0 Å². The van der Waals surface area contributed by atoms with E-state index in [1.54, 1.807) is 0 Å². The molecule has 1 N–H and O–H groups in total. The molecule has 1 heterocycles. The molecule has 0 spiro atoms. The van der Waals surface area contributed by atoms with E-state index in [-0.39, 0.29) is 11.9 Å². The Morgan fingerprint density at radius 1 is 0.963 bits per heavy atom. The first kappa shape index (κ1) is 18.5. The fourth-order valence-electron chi connectivity index (χ4n) is 5.18. The maximum absolute atomic E-state index is 13.4. The normalized spacial score (nSPS) is 28.0. The van der Waals surface area contributed by atoms with Crippen LogP contribution in [0.5, 0.6) is 0 Å². The van der Waals surface area contributed by atoms with Crippen LogP contribution in [-0.2, 0) is 0 Å². The van der Waals surface area contributed by atoms with Crippen LogP contribution in [0.1, 0.15) is 41.2 Å². The Labute approximate surface area is 163 Å². The van der Waals surface area contributed by atoms with Crippen molar-refractivity contribution in [3.63, 3.8) is 0 Å². The molecule has 27 heavy (non-hydrogen) atoms. The van der Waals surface area contributed by atoms with Crippen LogP contribution in [0.25, 0.3) is 0 Å². The van der Waals surface area contributed by atoms with Gasteiger partial charge in [-0.15, -0.1) is 0 Å². The third kappa shape index (κ3) is 3.61. The molecule has 2 fully saturated rings. The lowest BCUT2D eigenvalue weighted by molar-refractivity contribution is 0.0198. The van der Waals surface area contributed by atoms with Gasteiger partial charge < -0.3 is 0 Å². The van der Waals surface area contributed by atoms with Gasteiger partial charge in [-0.25, -0.2) is 5.43 Å². The molecule has 0 radical (unpaired) electrons. The van der Waals surface area contributed by atoms with E-state index >= 15 is 0 Å². The van der Waals surface area contributed by atoms with Crippen LogP contribution >= 0.6 is 0 Å². The predicted octanol–water partition coefficient (Wildman–Crippen LogP) is 5.27. The van der Waals surface area contributed by atoms with Crippen LogP contribution in [0, 0.1) is 5.92 Å². The zero-order chi connectivity index (χ0) is 19.0. The molecule has 3 nitrogen and oxygen atoms in total. The minimum Gasteiger partial charge on any atom is -0.270 e. The van der Waals surface area contributed by atoms with Gasteiger partial charge in [0.25, 0.3) is 5.91 Å². The molecule has 1 unspecified atom stereocenters. The first-order valence-electron chi connectivity index (χ1n) is 10.1. The minimum atomic E-state index is -1.27. The van der Waals surface area contributed by atoms with E-state index in [2.05, 4.69) is 55.4 Å². The number of amides is 1. The lowest BCUT2D eigenvalue weighted by atomic mass is 9.88. The van der Waals surface area contributed by atoms with E-state index in [9.17, 15) is 4.79 Å². The van der Waals surface area contributed by atoms with E-state index in [1.807, 2.05) is 35.3 Å². The van der Waals surface area contributed by atoms with Gasteiger partial charge in [-0.1, -0.05) is 74.6 Å². The topological polar surface area (TPSA) is 32.3 Å². The predicted molar refractivity (Wildman–Crippen MR) is 113 cm³/mol. The number of carbonyl (C=O) groups excluding carboxylic acids is 1. The Balaban J connectivity index is 1.68. The van der Waals surface area contributed by atoms with Crippen molar-refractivity contribution in [3.8, 4) is 0 Å². The first-order valence-corrected chi connectivity index (χ1v) is 13.7. The average Bonchev–Trinajstić information content (AvgIpc) is 3.12. The highest BCUT2D eigenvalue weighted by Gasteiger charge is 2.50. The Morgan fingerprint density at radius 2 is 1.59 bits per heavy atom. The SMILES string of the molecule is C[Si](C)(C)[C@@H]1CC[C@@H]2[C@H]1CC(c1ccccc1)NN2C(=O)c1ccccc1. The Kier molecular flexibility index (Phi) is 4.95. The molecule has 1 aliphatic heterocycles. The molecule has 4 rings (SSSR count). The summed E-state index contributed by atoms with van der Waals surface area (Å²) in [4.78, 5) is 13.4. The largest absolute Gasteiger partial charge is 0.270 e. The smallest absolute Gasteiger partial charge is 0.268 e. The van der Waals surface area contributed by atoms with Crippen LogP contribution in [0.4, 0.5) is 0 Å². The first-order chi connectivity index (χ1) is 12.9. The molecule has 2 aromatic rings. The van der Waals surface area contributed by atoms with Gasteiger partial charge in [0.15, 0.2) is 0 Å². The molecular formula is C23H30N2OSi. The lowest BCUT2D eigenvalue weighted by Gasteiger charge is -2.45. The molecule has 142 valence electrons. The third-order valence-corrected chi connectivity index (χ3v) is 9.41. The van der Waals surface area contributed by atoms with Crippen molar-refractivity contribution in [1.29, 1.82) is 0 Å². The fourth-order valence-corrected chi connectivity index (χ4v) is 7.85. The molecule has 1 saturated carbocycles. The highest BCUT2D eigenvalue weighted by Crippen LogP contribution is 2.51. The molecule has 4 heteroatoms. The van der Waals surface area contributed by atoms with Gasteiger partial charge in [-0.2, -0.15) is 0 Å². The maximum Gasteiger partial charge on any atom is 0.268 e. The van der Waals surface area contributed by atoms with E-state index < -0.39 is 8.07 Å². The zero-order valence-electron chi connectivity index (χ0n) is 16.6. The molecule has 1 saturated heterocycles. The molecule has 1 amide bonds. The summed E-state index contributed by atoms with van der Waals surface area (Å²) < 4.78 is 0. The van der Waals surface area contributed by atoms with Crippen molar-refractivity contribution in [2.75, 3.05) is 0 Å². The van der Waals surface area contributed by atoms with Crippen LogP contribution in [-0.4, -0.2) is 25.0 Å². The Morgan fingerprint density at radius 3 is 2.22 bits per heavy atom. The molecule has 0 bridgehead atoms. The van der Waals surface area contributed by atoms with Crippen LogP contribution < -0.4 is 5.43 Å². The molecule has 4 atom stereocenters. The van der Waals surface area contributed by atoms with E-state index in [4.69, 9.17) is 0 Å². The molecule has 2 aliphatic rings. The van der Waals surface area contributed by atoms with Crippen LogP contribution in [0.2, 0.25) is 25.2 Å². The van der Waals surface area contributed by atoms with Gasteiger partial charge in [0.05, 0.1) is 12.1 Å². The second-order valence-electron chi connectivity index (χ2n) is 9.15. The summed E-state index contributed by atoms with van der Waals surface area (Å²) in [5.41, 5.74) is 6.44. The number of nitrogens with one attached hydrogen (secondary N) is 1. The summed E-state index contributed by atoms with van der Waals surface area (Å²) in [6.45, 7) is 7.47. The number of nitrogens with zero attached hydrogens (tertiary/aromatic N) is 1. The van der Waals surface area contributed by atoms with Crippen molar-refractivity contribution in [2.24, 2.45) is 5.92 Å². The lowest BCUT2D eigenvalue weighted by Crippen LogP contribution is -2.57.